The van der Waals surface area contributed by atoms with Crippen molar-refractivity contribution in [1.82, 2.24) is 19.5 Å². The van der Waals surface area contributed by atoms with Crippen LogP contribution in [-0.2, 0) is 11.2 Å². The minimum Gasteiger partial charge on any atom is -0.483 e. The van der Waals surface area contributed by atoms with Crippen LogP contribution in [-0.4, -0.2) is 45.1 Å². The monoisotopic (exact) mass is 426 g/mol. The lowest BCUT2D eigenvalue weighted by molar-refractivity contribution is -0.134. The minimum atomic E-state index is 0.0121. The molecule has 2 aromatic heterocycles. The summed E-state index contributed by atoms with van der Waals surface area (Å²) in [6.07, 6.45) is 4.71. The largest absolute Gasteiger partial charge is 0.483 e. The summed E-state index contributed by atoms with van der Waals surface area (Å²) in [5, 5.41) is 8.67. The molecule has 6 heteroatoms. The molecule has 4 aromatic rings. The lowest BCUT2D eigenvalue weighted by Crippen LogP contribution is -2.42. The van der Waals surface area contributed by atoms with Crippen molar-refractivity contribution >= 4 is 11.6 Å². The smallest absolute Gasteiger partial charge is 0.260 e. The van der Waals surface area contributed by atoms with Crippen LogP contribution in [0.5, 0.6) is 5.75 Å². The first-order valence-corrected chi connectivity index (χ1v) is 11.1. The van der Waals surface area contributed by atoms with Crippen molar-refractivity contribution in [3.05, 3.63) is 95.9 Å². The van der Waals surface area contributed by atoms with E-state index in [1.165, 1.54) is 5.56 Å². The van der Waals surface area contributed by atoms with Crippen LogP contribution in [0.2, 0.25) is 0 Å². The van der Waals surface area contributed by atoms with E-state index < -0.39 is 0 Å². The van der Waals surface area contributed by atoms with Gasteiger partial charge in [0.25, 0.3) is 5.91 Å². The van der Waals surface area contributed by atoms with Gasteiger partial charge in [0.15, 0.2) is 12.3 Å². The minimum absolute atomic E-state index is 0.0121. The van der Waals surface area contributed by atoms with Crippen molar-refractivity contribution in [3.63, 3.8) is 0 Å². The van der Waals surface area contributed by atoms with Gasteiger partial charge in [-0.15, -0.1) is 10.2 Å². The Morgan fingerprint density at radius 2 is 1.78 bits per heavy atom. The number of hydrogen-bond acceptors (Lipinski definition) is 4. The van der Waals surface area contributed by atoms with Crippen LogP contribution in [0.25, 0.3) is 5.65 Å². The second-order valence-corrected chi connectivity index (χ2v) is 8.22. The third kappa shape index (κ3) is 4.35. The average molecular weight is 427 g/mol. The summed E-state index contributed by atoms with van der Waals surface area (Å²) in [7, 11) is 0. The summed E-state index contributed by atoms with van der Waals surface area (Å²) in [6, 6.07) is 24.1. The van der Waals surface area contributed by atoms with Crippen molar-refractivity contribution in [1.29, 1.82) is 0 Å². The van der Waals surface area contributed by atoms with Crippen molar-refractivity contribution in [3.8, 4) is 5.75 Å². The zero-order valence-corrected chi connectivity index (χ0v) is 17.9. The third-order valence-electron chi connectivity index (χ3n) is 6.04. The summed E-state index contributed by atoms with van der Waals surface area (Å²) >= 11 is 0. The number of ether oxygens (including phenoxy) is 1. The maximum atomic E-state index is 13.0. The molecule has 0 saturated carbocycles. The normalized spacial score (nSPS) is 16.2. The van der Waals surface area contributed by atoms with E-state index in [0.29, 0.717) is 6.54 Å². The Balaban J connectivity index is 1.24. The van der Waals surface area contributed by atoms with Crippen molar-refractivity contribution in [2.24, 2.45) is 0 Å². The Morgan fingerprint density at radius 1 is 0.969 bits per heavy atom. The van der Waals surface area contributed by atoms with E-state index in [4.69, 9.17) is 4.74 Å². The quantitative estimate of drug-likeness (QED) is 0.466. The Kier molecular flexibility index (Phi) is 5.83. The van der Waals surface area contributed by atoms with Crippen molar-refractivity contribution in [2.75, 3.05) is 19.7 Å². The van der Waals surface area contributed by atoms with Crippen LogP contribution in [0, 0.1) is 0 Å². The highest BCUT2D eigenvalue weighted by Crippen LogP contribution is 2.27. The van der Waals surface area contributed by atoms with E-state index in [2.05, 4.69) is 28.4 Å². The van der Waals surface area contributed by atoms with E-state index in [1.807, 2.05) is 70.1 Å². The highest BCUT2D eigenvalue weighted by Gasteiger charge is 2.28. The molecule has 0 radical (unpaired) electrons. The van der Waals surface area contributed by atoms with Gasteiger partial charge < -0.3 is 9.64 Å². The molecule has 1 aliphatic rings. The standard InChI is InChI=1S/C26H26N4O2/c31-25(19-32-23-13-5-4-11-21(23)17-20-9-2-1-3-10-20)29-15-8-12-22(18-29)26-28-27-24-14-6-7-16-30(24)26/h1-7,9-11,13-14,16,22H,8,12,15,17-19H2/t22-/m1/s1. The fourth-order valence-corrected chi connectivity index (χ4v) is 4.39. The number of carbonyl (C=O) groups excluding carboxylic acids is 1. The molecule has 1 saturated heterocycles. The van der Waals surface area contributed by atoms with Gasteiger partial charge in [0.05, 0.1) is 0 Å². The van der Waals surface area contributed by atoms with Gasteiger partial charge in [0.2, 0.25) is 0 Å². The van der Waals surface area contributed by atoms with Gasteiger partial charge >= 0.3 is 0 Å². The number of pyridine rings is 1. The molecule has 2 aromatic carbocycles. The van der Waals surface area contributed by atoms with E-state index >= 15 is 0 Å². The molecule has 0 N–H and O–H groups in total. The van der Waals surface area contributed by atoms with Gasteiger partial charge in [-0.25, -0.2) is 0 Å². The number of nitrogens with zero attached hydrogens (tertiary/aromatic N) is 4. The van der Waals surface area contributed by atoms with Crippen molar-refractivity contribution < 1.29 is 9.53 Å². The first kappa shape index (κ1) is 20.2. The highest BCUT2D eigenvalue weighted by molar-refractivity contribution is 5.78. The van der Waals surface area contributed by atoms with Gasteiger partial charge in [-0.2, -0.15) is 0 Å². The maximum Gasteiger partial charge on any atom is 0.260 e. The predicted molar refractivity (Wildman–Crippen MR) is 123 cm³/mol. The summed E-state index contributed by atoms with van der Waals surface area (Å²) in [5.41, 5.74) is 3.14. The molecule has 162 valence electrons. The van der Waals surface area contributed by atoms with Gasteiger partial charge in [-0.1, -0.05) is 54.6 Å². The van der Waals surface area contributed by atoms with Crippen LogP contribution >= 0.6 is 0 Å². The van der Waals surface area contributed by atoms with E-state index in [1.54, 1.807) is 0 Å². The number of aromatic nitrogens is 3. The van der Waals surface area contributed by atoms with Gasteiger partial charge in [0.1, 0.15) is 11.6 Å². The number of hydrogen-bond donors (Lipinski definition) is 0. The molecule has 0 unspecified atom stereocenters. The molecule has 0 spiro atoms. The van der Waals surface area contributed by atoms with E-state index in [9.17, 15) is 4.79 Å². The lowest BCUT2D eigenvalue weighted by Gasteiger charge is -2.32. The number of rotatable bonds is 6. The molecule has 1 aliphatic heterocycles. The summed E-state index contributed by atoms with van der Waals surface area (Å²) in [5.74, 6) is 1.88. The Bertz CT molecular complexity index is 1200. The first-order chi connectivity index (χ1) is 15.8. The first-order valence-electron chi connectivity index (χ1n) is 11.1. The average Bonchev–Trinajstić information content (AvgIpc) is 3.28. The van der Waals surface area contributed by atoms with Crippen LogP contribution in [0.15, 0.2) is 79.0 Å². The lowest BCUT2D eigenvalue weighted by atomic mass is 9.97. The molecule has 32 heavy (non-hydrogen) atoms. The number of likely N-dealkylation sites (tertiary alicyclic amines) is 1. The Labute approximate surface area is 187 Å². The molecular formula is C26H26N4O2. The number of fused-ring (bicyclic) bond motifs is 1. The Hall–Kier alpha value is -3.67. The number of para-hydroxylation sites is 1. The SMILES string of the molecule is O=C(COc1ccccc1Cc1ccccc1)N1CCC[C@@H](c2nnc3ccccn23)C1. The second-order valence-electron chi connectivity index (χ2n) is 8.22. The van der Waals surface area contributed by atoms with E-state index in [0.717, 1.165) is 48.6 Å². The third-order valence-corrected chi connectivity index (χ3v) is 6.04. The number of amides is 1. The number of benzene rings is 2. The molecule has 6 nitrogen and oxygen atoms in total. The fourth-order valence-electron chi connectivity index (χ4n) is 4.39. The van der Waals surface area contributed by atoms with Crippen molar-refractivity contribution in [2.45, 2.75) is 25.2 Å². The maximum absolute atomic E-state index is 13.0. The van der Waals surface area contributed by atoms with Gasteiger partial charge in [-0.3, -0.25) is 9.20 Å². The topological polar surface area (TPSA) is 59.7 Å². The van der Waals surface area contributed by atoms with E-state index in [-0.39, 0.29) is 18.4 Å². The fraction of sp³-hybridized carbons (Fsp3) is 0.269. The molecule has 0 aliphatic carbocycles. The van der Waals surface area contributed by atoms with Crippen LogP contribution in [0.3, 0.4) is 0 Å². The van der Waals surface area contributed by atoms with Crippen LogP contribution in [0.1, 0.15) is 35.7 Å². The summed E-state index contributed by atoms with van der Waals surface area (Å²) in [4.78, 5) is 14.9. The number of carbonyl (C=O) groups is 1. The zero-order chi connectivity index (χ0) is 21.8. The molecule has 5 rings (SSSR count). The van der Waals surface area contributed by atoms with Crippen LogP contribution < -0.4 is 4.74 Å². The number of piperidine rings is 1. The molecule has 3 heterocycles. The predicted octanol–water partition coefficient (Wildman–Crippen LogP) is 4.11. The summed E-state index contributed by atoms with van der Waals surface area (Å²) < 4.78 is 8.02. The molecular weight excluding hydrogens is 400 g/mol. The van der Waals surface area contributed by atoms with Gasteiger partial charge in [-0.05, 0) is 42.2 Å². The second kappa shape index (κ2) is 9.22. The Morgan fingerprint density at radius 3 is 2.69 bits per heavy atom. The molecule has 1 fully saturated rings. The van der Waals surface area contributed by atoms with Gasteiger partial charge in [0, 0.05) is 31.6 Å². The zero-order valence-electron chi connectivity index (χ0n) is 17.9. The van der Waals surface area contributed by atoms with Crippen LogP contribution in [0.4, 0.5) is 0 Å². The highest BCUT2D eigenvalue weighted by atomic mass is 16.5. The summed E-state index contributed by atoms with van der Waals surface area (Å²) in [6.45, 7) is 1.43. The molecule has 0 bridgehead atoms. The molecule has 1 atom stereocenters. The molecule has 1 amide bonds.